The van der Waals surface area contributed by atoms with Gasteiger partial charge in [0.25, 0.3) is 5.91 Å². The van der Waals surface area contributed by atoms with Gasteiger partial charge in [0.05, 0.1) is 27.5 Å². The highest BCUT2D eigenvalue weighted by molar-refractivity contribution is 7.91. The van der Waals surface area contributed by atoms with E-state index < -0.39 is 45.5 Å². The Bertz CT molecular complexity index is 1810. The minimum absolute atomic E-state index is 0.0163. The summed E-state index contributed by atoms with van der Waals surface area (Å²) in [6.07, 6.45) is -0.489. The second-order valence-corrected chi connectivity index (χ2v) is 12.0. The van der Waals surface area contributed by atoms with E-state index in [1.54, 1.807) is 36.4 Å². The number of primary amides is 1. The third-order valence-electron chi connectivity index (χ3n) is 6.90. The highest BCUT2D eigenvalue weighted by Crippen LogP contribution is 2.30. The van der Waals surface area contributed by atoms with Crippen molar-refractivity contribution in [2.75, 3.05) is 18.1 Å². The molecule has 0 aliphatic carbocycles. The number of fused-ring (bicyclic) bond motifs is 1. The number of para-hydroxylation sites is 1. The molecule has 3 aromatic carbocycles. The maximum absolute atomic E-state index is 15.5. The highest BCUT2D eigenvalue weighted by atomic mass is 32.2. The second kappa shape index (κ2) is 10.7. The molecule has 13 heteroatoms. The van der Waals surface area contributed by atoms with Crippen LogP contribution in [0.2, 0.25) is 0 Å². The number of carbonyl (C=O) groups excluding carboxylic acids is 3. The van der Waals surface area contributed by atoms with Crippen molar-refractivity contribution in [2.45, 2.75) is 30.1 Å². The van der Waals surface area contributed by atoms with Crippen LogP contribution in [0.3, 0.4) is 0 Å². The lowest BCUT2D eigenvalue weighted by Crippen LogP contribution is -2.44. The van der Waals surface area contributed by atoms with E-state index in [-0.39, 0.29) is 41.4 Å². The van der Waals surface area contributed by atoms with Crippen molar-refractivity contribution in [2.24, 2.45) is 5.73 Å². The molecule has 1 saturated heterocycles. The Balaban J connectivity index is 1.38. The number of amides is 3. The number of benzene rings is 3. The van der Waals surface area contributed by atoms with E-state index >= 15 is 4.39 Å². The number of hydrogen-bond acceptors (Lipinski definition) is 6. The standard InChI is InChI=1S/C28H26F2N6O4S/c1-41(32,40)18-7-4-6-16(12-18)19-9-5-10-21(25(19)30)33-28(39)23-13-17(29)14-35(23)24(37)15-36-22-11-3-2-8-20(22)26(34-36)27(31)38/h2-12,17,23,32H,13-15H2,1H3,(H2,31,38)(H,33,39)/t17-,23+,41?/m1/s1. The topological polar surface area (TPSA) is 151 Å². The average Bonchev–Trinajstić information content (AvgIpc) is 3.50. The maximum Gasteiger partial charge on any atom is 0.269 e. The van der Waals surface area contributed by atoms with Gasteiger partial charge in [-0.15, -0.1) is 0 Å². The molecule has 3 amide bonds. The first-order valence-corrected chi connectivity index (χ1v) is 14.5. The van der Waals surface area contributed by atoms with Crippen molar-refractivity contribution in [3.63, 3.8) is 0 Å². The first-order chi connectivity index (χ1) is 19.4. The molecule has 5 rings (SSSR count). The van der Waals surface area contributed by atoms with Gasteiger partial charge in [0, 0.05) is 28.5 Å². The lowest BCUT2D eigenvalue weighted by Gasteiger charge is -2.24. The van der Waals surface area contributed by atoms with Gasteiger partial charge >= 0.3 is 0 Å². The van der Waals surface area contributed by atoms with E-state index in [4.69, 9.17) is 10.5 Å². The Kier molecular flexibility index (Phi) is 7.30. The maximum atomic E-state index is 15.5. The van der Waals surface area contributed by atoms with Crippen LogP contribution in [-0.2, 0) is 25.9 Å². The van der Waals surface area contributed by atoms with Crippen molar-refractivity contribution in [3.8, 4) is 11.1 Å². The number of alkyl halides is 1. The Morgan fingerprint density at radius 1 is 1.12 bits per heavy atom. The van der Waals surface area contributed by atoms with Crippen LogP contribution in [0.1, 0.15) is 16.9 Å². The van der Waals surface area contributed by atoms with Crippen molar-refractivity contribution >= 4 is 44.0 Å². The Morgan fingerprint density at radius 3 is 2.59 bits per heavy atom. The molecule has 41 heavy (non-hydrogen) atoms. The number of aromatic nitrogens is 2. The molecule has 2 heterocycles. The molecule has 0 saturated carbocycles. The summed E-state index contributed by atoms with van der Waals surface area (Å²) in [5.74, 6) is -2.93. The van der Waals surface area contributed by atoms with Gasteiger partial charge in [-0.25, -0.2) is 17.8 Å². The zero-order valence-corrected chi connectivity index (χ0v) is 22.7. The molecule has 1 unspecified atom stereocenters. The Morgan fingerprint density at radius 2 is 1.85 bits per heavy atom. The molecule has 3 atom stereocenters. The number of anilines is 1. The summed E-state index contributed by atoms with van der Waals surface area (Å²) in [6.45, 7) is -0.710. The van der Waals surface area contributed by atoms with Gasteiger partial charge in [-0.1, -0.05) is 42.5 Å². The lowest BCUT2D eigenvalue weighted by molar-refractivity contribution is -0.137. The number of carbonyl (C=O) groups is 3. The number of halogens is 2. The van der Waals surface area contributed by atoms with Crippen LogP contribution in [0.25, 0.3) is 22.0 Å². The van der Waals surface area contributed by atoms with Gasteiger partial charge < -0.3 is 16.0 Å². The summed E-state index contributed by atoms with van der Waals surface area (Å²) in [6, 6.07) is 15.9. The van der Waals surface area contributed by atoms with Crippen LogP contribution in [0.4, 0.5) is 14.5 Å². The third-order valence-corrected chi connectivity index (χ3v) is 8.05. The largest absolute Gasteiger partial charge is 0.364 e. The number of rotatable bonds is 7. The molecule has 4 aromatic rings. The molecule has 0 radical (unpaired) electrons. The van der Waals surface area contributed by atoms with E-state index in [0.29, 0.717) is 16.5 Å². The minimum atomic E-state index is -3.04. The molecule has 1 aromatic heterocycles. The molecular formula is C28H26F2N6O4S. The van der Waals surface area contributed by atoms with Crippen molar-refractivity contribution in [1.82, 2.24) is 14.7 Å². The van der Waals surface area contributed by atoms with E-state index in [9.17, 15) is 23.0 Å². The molecule has 0 bridgehead atoms. The molecule has 10 nitrogen and oxygen atoms in total. The zero-order chi connectivity index (χ0) is 29.5. The predicted octanol–water partition coefficient (Wildman–Crippen LogP) is 3.55. The fourth-order valence-corrected chi connectivity index (χ4v) is 5.62. The van der Waals surface area contributed by atoms with E-state index in [0.717, 1.165) is 4.90 Å². The summed E-state index contributed by atoms with van der Waals surface area (Å²) >= 11 is 0. The molecule has 1 aliphatic heterocycles. The number of nitrogens with zero attached hydrogens (tertiary/aromatic N) is 3. The third kappa shape index (κ3) is 5.53. The Hall–Kier alpha value is -4.65. The SMILES string of the molecule is CS(=N)(=O)c1cccc(-c2cccc(NC(=O)[C@@H]3C[C@@H](F)CN3C(=O)Cn3nc(C(N)=O)c4ccccc43)c2F)c1. The first-order valence-electron chi connectivity index (χ1n) is 12.6. The molecule has 0 spiro atoms. The van der Waals surface area contributed by atoms with Crippen molar-refractivity contribution < 1.29 is 27.4 Å². The van der Waals surface area contributed by atoms with Gasteiger partial charge in [0.1, 0.15) is 18.8 Å². The summed E-state index contributed by atoms with van der Waals surface area (Å²) < 4.78 is 51.3. The zero-order valence-electron chi connectivity index (χ0n) is 21.8. The number of hydrogen-bond donors (Lipinski definition) is 3. The van der Waals surface area contributed by atoms with E-state index in [1.165, 1.54) is 41.3 Å². The van der Waals surface area contributed by atoms with Crippen molar-refractivity contribution in [3.05, 3.63) is 78.2 Å². The first kappa shape index (κ1) is 27.9. The molecular weight excluding hydrogens is 554 g/mol. The van der Waals surface area contributed by atoms with Crippen LogP contribution in [-0.4, -0.2) is 61.6 Å². The fourth-order valence-electron chi connectivity index (χ4n) is 4.93. The van der Waals surface area contributed by atoms with Crippen LogP contribution in [0, 0.1) is 10.6 Å². The summed E-state index contributed by atoms with van der Waals surface area (Å²) in [7, 11) is -3.04. The van der Waals surface area contributed by atoms with Crippen LogP contribution >= 0.6 is 0 Å². The molecule has 1 aliphatic rings. The van der Waals surface area contributed by atoms with Gasteiger partial charge in [-0.3, -0.25) is 19.1 Å². The lowest BCUT2D eigenvalue weighted by atomic mass is 10.0. The normalized spacial score (nSPS) is 18.3. The van der Waals surface area contributed by atoms with Gasteiger partial charge in [-0.05, 0) is 29.8 Å². The van der Waals surface area contributed by atoms with E-state index in [1.807, 2.05) is 0 Å². The average molecular weight is 581 g/mol. The molecule has 4 N–H and O–H groups in total. The predicted molar refractivity (Wildman–Crippen MR) is 149 cm³/mol. The Labute approximate surface area is 234 Å². The monoisotopic (exact) mass is 580 g/mol. The quantitative estimate of drug-likeness (QED) is 0.305. The summed E-state index contributed by atoms with van der Waals surface area (Å²) in [4.78, 5) is 39.6. The second-order valence-electron chi connectivity index (χ2n) is 9.81. The molecule has 1 fully saturated rings. The van der Waals surface area contributed by atoms with Crippen LogP contribution < -0.4 is 11.1 Å². The number of nitrogens with two attached hydrogens (primary N) is 1. The summed E-state index contributed by atoms with van der Waals surface area (Å²) in [5.41, 5.74) is 6.16. The number of likely N-dealkylation sites (tertiary alicyclic amines) is 1. The summed E-state index contributed by atoms with van der Waals surface area (Å²) in [5, 5.41) is 7.08. The molecule has 212 valence electrons. The van der Waals surface area contributed by atoms with Crippen molar-refractivity contribution in [1.29, 1.82) is 4.78 Å². The highest BCUT2D eigenvalue weighted by Gasteiger charge is 2.40. The number of nitrogens with one attached hydrogen (secondary N) is 2. The van der Waals surface area contributed by atoms with Crippen LogP contribution in [0.5, 0.6) is 0 Å². The van der Waals surface area contributed by atoms with Crippen LogP contribution in [0.15, 0.2) is 71.6 Å². The fraction of sp³-hybridized carbons (Fsp3) is 0.214. The smallest absolute Gasteiger partial charge is 0.269 e. The van der Waals surface area contributed by atoms with Gasteiger partial charge in [0.15, 0.2) is 11.5 Å². The van der Waals surface area contributed by atoms with E-state index in [2.05, 4.69) is 10.4 Å². The minimum Gasteiger partial charge on any atom is -0.364 e. The van der Waals surface area contributed by atoms with Gasteiger partial charge in [-0.2, -0.15) is 5.10 Å². The van der Waals surface area contributed by atoms with Gasteiger partial charge in [0.2, 0.25) is 11.8 Å².